The number of para-hydroxylation sites is 1. The van der Waals surface area contributed by atoms with Crippen LogP contribution in [0.2, 0.25) is 0 Å². The van der Waals surface area contributed by atoms with Crippen LogP contribution < -0.4 is 5.56 Å². The summed E-state index contributed by atoms with van der Waals surface area (Å²) in [6, 6.07) is 7.38. The van der Waals surface area contributed by atoms with Gasteiger partial charge in [-0.15, -0.1) is 0 Å². The Kier molecular flexibility index (Phi) is 6.55. The second kappa shape index (κ2) is 8.89. The van der Waals surface area contributed by atoms with Crippen molar-refractivity contribution < 1.29 is 9.53 Å². The van der Waals surface area contributed by atoms with Crippen LogP contribution in [0.15, 0.2) is 34.2 Å². The van der Waals surface area contributed by atoms with Crippen molar-refractivity contribution in [3.63, 3.8) is 0 Å². The molecule has 0 aliphatic carbocycles. The van der Waals surface area contributed by atoms with E-state index in [1.54, 1.807) is 4.57 Å². The minimum atomic E-state index is -0.0300. The van der Waals surface area contributed by atoms with Gasteiger partial charge in [0, 0.05) is 19.6 Å². The van der Waals surface area contributed by atoms with Crippen molar-refractivity contribution in [1.82, 2.24) is 14.5 Å². The standard InChI is InChI=1S/C20H27N3O3S/c1-4-5-10-23-19(25)16-8-6-7-9-17(16)21-20(23)27-13-18(24)22-11-14(2)26-15(3)12-22/h6-9,14-15H,4-5,10-13H2,1-3H3. The number of fused-ring (bicyclic) bond motifs is 1. The predicted molar refractivity (Wildman–Crippen MR) is 108 cm³/mol. The Morgan fingerprint density at radius 1 is 1.26 bits per heavy atom. The van der Waals surface area contributed by atoms with Crippen molar-refractivity contribution in [2.75, 3.05) is 18.8 Å². The molecule has 0 spiro atoms. The molecule has 1 saturated heterocycles. The number of carbonyl (C=O) groups excluding carboxylic acids is 1. The van der Waals surface area contributed by atoms with Crippen LogP contribution in [0.3, 0.4) is 0 Å². The van der Waals surface area contributed by atoms with Crippen molar-refractivity contribution in [3.05, 3.63) is 34.6 Å². The van der Waals surface area contributed by atoms with Crippen LogP contribution in [0.1, 0.15) is 33.6 Å². The first-order valence-electron chi connectivity index (χ1n) is 9.55. The molecule has 1 aromatic heterocycles. The van der Waals surface area contributed by atoms with E-state index >= 15 is 0 Å². The van der Waals surface area contributed by atoms with E-state index in [9.17, 15) is 9.59 Å². The summed E-state index contributed by atoms with van der Waals surface area (Å²) in [6.07, 6.45) is 1.99. The van der Waals surface area contributed by atoms with Gasteiger partial charge in [-0.2, -0.15) is 0 Å². The number of carbonyl (C=O) groups is 1. The minimum Gasteiger partial charge on any atom is -0.372 e. The van der Waals surface area contributed by atoms with Crippen LogP contribution in [-0.4, -0.2) is 51.4 Å². The van der Waals surface area contributed by atoms with Gasteiger partial charge in [-0.05, 0) is 32.4 Å². The molecule has 27 heavy (non-hydrogen) atoms. The lowest BCUT2D eigenvalue weighted by Crippen LogP contribution is -2.48. The summed E-state index contributed by atoms with van der Waals surface area (Å²) >= 11 is 1.35. The number of nitrogens with zero attached hydrogens (tertiary/aromatic N) is 3. The van der Waals surface area contributed by atoms with Gasteiger partial charge in [-0.3, -0.25) is 14.2 Å². The lowest BCUT2D eigenvalue weighted by Gasteiger charge is -2.35. The molecule has 2 atom stereocenters. The Balaban J connectivity index is 1.80. The van der Waals surface area contributed by atoms with E-state index in [1.807, 2.05) is 43.0 Å². The fourth-order valence-electron chi connectivity index (χ4n) is 3.37. The lowest BCUT2D eigenvalue weighted by molar-refractivity contribution is -0.140. The fraction of sp³-hybridized carbons (Fsp3) is 0.550. The first-order valence-corrected chi connectivity index (χ1v) is 10.5. The molecule has 1 aromatic carbocycles. The molecule has 6 nitrogen and oxygen atoms in total. The molecule has 1 amide bonds. The maximum Gasteiger partial charge on any atom is 0.262 e. The smallest absolute Gasteiger partial charge is 0.262 e. The summed E-state index contributed by atoms with van der Waals surface area (Å²) in [6.45, 7) is 7.90. The number of benzene rings is 1. The summed E-state index contributed by atoms with van der Waals surface area (Å²) in [5.74, 6) is 0.336. The zero-order valence-electron chi connectivity index (χ0n) is 16.2. The highest BCUT2D eigenvalue weighted by molar-refractivity contribution is 7.99. The van der Waals surface area contributed by atoms with E-state index in [-0.39, 0.29) is 29.4 Å². The van der Waals surface area contributed by atoms with Gasteiger partial charge in [0.2, 0.25) is 5.91 Å². The molecule has 3 rings (SSSR count). The molecule has 1 aliphatic heterocycles. The van der Waals surface area contributed by atoms with Crippen LogP contribution in [0.4, 0.5) is 0 Å². The average Bonchev–Trinajstić information content (AvgIpc) is 2.65. The molecule has 0 bridgehead atoms. The first kappa shape index (κ1) is 19.9. The van der Waals surface area contributed by atoms with E-state index in [0.717, 1.165) is 12.8 Å². The van der Waals surface area contributed by atoms with E-state index < -0.39 is 0 Å². The first-order chi connectivity index (χ1) is 13.0. The number of amides is 1. The Morgan fingerprint density at radius 2 is 1.96 bits per heavy atom. The normalized spacial score (nSPS) is 20.2. The third-order valence-corrected chi connectivity index (χ3v) is 5.62. The van der Waals surface area contributed by atoms with Gasteiger partial charge in [0.25, 0.3) is 5.56 Å². The Labute approximate surface area is 163 Å². The molecular formula is C20H27N3O3S. The summed E-state index contributed by atoms with van der Waals surface area (Å²) < 4.78 is 7.41. The lowest BCUT2D eigenvalue weighted by atomic mass is 10.2. The maximum absolute atomic E-state index is 12.9. The van der Waals surface area contributed by atoms with E-state index in [1.165, 1.54) is 11.8 Å². The van der Waals surface area contributed by atoms with Gasteiger partial charge in [-0.25, -0.2) is 4.98 Å². The van der Waals surface area contributed by atoms with Crippen molar-refractivity contribution >= 4 is 28.6 Å². The third kappa shape index (κ3) is 4.71. The molecule has 0 saturated carbocycles. The number of morpholine rings is 1. The van der Waals surface area contributed by atoms with Gasteiger partial charge < -0.3 is 9.64 Å². The zero-order valence-corrected chi connectivity index (χ0v) is 17.0. The molecule has 0 radical (unpaired) electrons. The number of hydrogen-bond donors (Lipinski definition) is 0. The van der Waals surface area contributed by atoms with Gasteiger partial charge in [0.1, 0.15) is 0 Å². The molecule has 2 heterocycles. The van der Waals surface area contributed by atoms with Crippen LogP contribution >= 0.6 is 11.8 Å². The Bertz CT molecular complexity index is 857. The summed E-state index contributed by atoms with van der Waals surface area (Å²) in [5.41, 5.74) is 0.649. The molecule has 2 aromatic rings. The number of ether oxygens (including phenoxy) is 1. The number of unbranched alkanes of at least 4 members (excludes halogenated alkanes) is 1. The quantitative estimate of drug-likeness (QED) is 0.561. The molecule has 1 aliphatic rings. The van der Waals surface area contributed by atoms with Crippen molar-refractivity contribution in [1.29, 1.82) is 0 Å². The molecule has 1 fully saturated rings. The molecule has 0 N–H and O–H groups in total. The van der Waals surface area contributed by atoms with Crippen LogP contribution in [-0.2, 0) is 16.1 Å². The number of thioether (sulfide) groups is 1. The van der Waals surface area contributed by atoms with Crippen LogP contribution in [0.5, 0.6) is 0 Å². The Hall–Kier alpha value is -1.86. The van der Waals surface area contributed by atoms with Crippen molar-refractivity contribution in [3.8, 4) is 0 Å². The number of aromatic nitrogens is 2. The third-order valence-electron chi connectivity index (χ3n) is 4.66. The van der Waals surface area contributed by atoms with Gasteiger partial charge in [0.15, 0.2) is 5.16 Å². The van der Waals surface area contributed by atoms with E-state index in [2.05, 4.69) is 11.9 Å². The molecular weight excluding hydrogens is 362 g/mol. The molecule has 2 unspecified atom stereocenters. The summed E-state index contributed by atoms with van der Waals surface area (Å²) in [5, 5.41) is 1.25. The SMILES string of the molecule is CCCCn1c(SCC(=O)N2CC(C)OC(C)C2)nc2ccccc2c1=O. The minimum absolute atomic E-state index is 0.0300. The van der Waals surface area contributed by atoms with Gasteiger partial charge >= 0.3 is 0 Å². The van der Waals surface area contributed by atoms with Crippen LogP contribution in [0, 0.1) is 0 Å². The van der Waals surface area contributed by atoms with Gasteiger partial charge in [0.05, 0.1) is 28.9 Å². The second-order valence-corrected chi connectivity index (χ2v) is 8.01. The number of rotatable bonds is 6. The van der Waals surface area contributed by atoms with Crippen LogP contribution in [0.25, 0.3) is 10.9 Å². The maximum atomic E-state index is 12.9. The second-order valence-electron chi connectivity index (χ2n) is 7.07. The summed E-state index contributed by atoms with van der Waals surface area (Å²) in [7, 11) is 0. The topological polar surface area (TPSA) is 64.4 Å². The highest BCUT2D eigenvalue weighted by Crippen LogP contribution is 2.20. The predicted octanol–water partition coefficient (Wildman–Crippen LogP) is 2.92. The highest BCUT2D eigenvalue weighted by atomic mass is 32.2. The van der Waals surface area contributed by atoms with E-state index in [0.29, 0.717) is 35.7 Å². The highest BCUT2D eigenvalue weighted by Gasteiger charge is 2.26. The van der Waals surface area contributed by atoms with Crippen molar-refractivity contribution in [2.45, 2.75) is 57.5 Å². The molecule has 146 valence electrons. The Morgan fingerprint density at radius 3 is 2.67 bits per heavy atom. The molecule has 7 heteroatoms. The average molecular weight is 390 g/mol. The van der Waals surface area contributed by atoms with Crippen molar-refractivity contribution in [2.24, 2.45) is 0 Å². The number of hydrogen-bond acceptors (Lipinski definition) is 5. The van der Waals surface area contributed by atoms with E-state index in [4.69, 9.17) is 4.74 Å². The zero-order chi connectivity index (χ0) is 19.4. The monoisotopic (exact) mass is 389 g/mol. The van der Waals surface area contributed by atoms with Gasteiger partial charge in [-0.1, -0.05) is 37.2 Å². The largest absolute Gasteiger partial charge is 0.372 e. The summed E-state index contributed by atoms with van der Waals surface area (Å²) in [4.78, 5) is 32.1. The fourth-order valence-corrected chi connectivity index (χ4v) is 4.30.